The number of rotatable bonds is 5. The van der Waals surface area contributed by atoms with Gasteiger partial charge in [-0.1, -0.05) is 19.8 Å². The van der Waals surface area contributed by atoms with Crippen molar-refractivity contribution in [3.05, 3.63) is 0 Å². The van der Waals surface area contributed by atoms with Crippen molar-refractivity contribution in [3.8, 4) is 0 Å². The van der Waals surface area contributed by atoms with Crippen molar-refractivity contribution in [2.45, 2.75) is 51.1 Å². The Labute approximate surface area is 98.6 Å². The number of nitrogens with one attached hydrogen (secondary N) is 1. The smallest absolute Gasteiger partial charge is 0.237 e. The maximum Gasteiger partial charge on any atom is 0.237 e. The van der Waals surface area contributed by atoms with Crippen LogP contribution in [0.2, 0.25) is 0 Å². The summed E-state index contributed by atoms with van der Waals surface area (Å²) in [7, 11) is 2.09. The monoisotopic (exact) mass is 227 g/mol. The molecule has 1 amide bonds. The summed E-state index contributed by atoms with van der Waals surface area (Å²) in [6.07, 6.45) is 5.15. The van der Waals surface area contributed by atoms with Crippen LogP contribution in [-0.2, 0) is 4.79 Å². The van der Waals surface area contributed by atoms with Gasteiger partial charge in [0.05, 0.1) is 6.04 Å². The number of carbonyl (C=O) groups excluding carboxylic acids is 1. The Morgan fingerprint density at radius 3 is 3.00 bits per heavy atom. The Hall–Kier alpha value is -0.610. The highest BCUT2D eigenvalue weighted by atomic mass is 16.2. The van der Waals surface area contributed by atoms with Gasteiger partial charge in [0.15, 0.2) is 0 Å². The van der Waals surface area contributed by atoms with Crippen molar-refractivity contribution in [3.63, 3.8) is 0 Å². The summed E-state index contributed by atoms with van der Waals surface area (Å²) in [6, 6.07) is -0.0360. The molecule has 1 heterocycles. The topological polar surface area (TPSA) is 58.4 Å². The van der Waals surface area contributed by atoms with Crippen molar-refractivity contribution in [1.82, 2.24) is 10.2 Å². The molecule has 2 unspecified atom stereocenters. The number of nitrogens with two attached hydrogens (primary N) is 1. The van der Waals surface area contributed by atoms with Crippen molar-refractivity contribution >= 4 is 5.91 Å². The van der Waals surface area contributed by atoms with E-state index in [1.807, 2.05) is 0 Å². The van der Waals surface area contributed by atoms with Gasteiger partial charge in [0.25, 0.3) is 0 Å². The summed E-state index contributed by atoms with van der Waals surface area (Å²) in [5, 5.41) is 3.05. The highest BCUT2D eigenvalue weighted by Crippen LogP contribution is 2.08. The lowest BCUT2D eigenvalue weighted by Gasteiger charge is -2.30. The summed E-state index contributed by atoms with van der Waals surface area (Å²) >= 11 is 0. The molecule has 0 saturated carbocycles. The first-order valence-electron chi connectivity index (χ1n) is 6.38. The third kappa shape index (κ3) is 4.49. The van der Waals surface area contributed by atoms with Gasteiger partial charge in [-0.3, -0.25) is 4.79 Å². The van der Waals surface area contributed by atoms with Crippen molar-refractivity contribution < 1.29 is 4.79 Å². The molecular formula is C12H25N3O. The fraction of sp³-hybridized carbons (Fsp3) is 0.917. The van der Waals surface area contributed by atoms with Crippen LogP contribution in [0.3, 0.4) is 0 Å². The van der Waals surface area contributed by atoms with Crippen LogP contribution < -0.4 is 11.1 Å². The molecule has 3 N–H and O–H groups in total. The van der Waals surface area contributed by atoms with E-state index in [1.54, 1.807) is 0 Å². The predicted octanol–water partition coefficient (Wildman–Crippen LogP) is 0.714. The summed E-state index contributed by atoms with van der Waals surface area (Å²) < 4.78 is 0. The Morgan fingerprint density at radius 1 is 1.62 bits per heavy atom. The van der Waals surface area contributed by atoms with Gasteiger partial charge in [0, 0.05) is 12.6 Å². The Morgan fingerprint density at radius 2 is 2.38 bits per heavy atom. The molecule has 0 bridgehead atoms. The van der Waals surface area contributed by atoms with Gasteiger partial charge in [0.2, 0.25) is 5.91 Å². The molecule has 0 aromatic heterocycles. The van der Waals surface area contributed by atoms with Gasteiger partial charge in [-0.25, -0.2) is 0 Å². The van der Waals surface area contributed by atoms with E-state index in [0.717, 1.165) is 45.2 Å². The van der Waals surface area contributed by atoms with Gasteiger partial charge in [-0.15, -0.1) is 0 Å². The molecule has 16 heavy (non-hydrogen) atoms. The first kappa shape index (κ1) is 13.5. The minimum Gasteiger partial charge on any atom is -0.351 e. The number of carbonyl (C=O) groups is 1. The van der Waals surface area contributed by atoms with Gasteiger partial charge in [-0.2, -0.15) is 0 Å². The number of likely N-dealkylation sites (N-methyl/N-ethyl adjacent to an activating group) is 1. The summed E-state index contributed by atoms with van der Waals surface area (Å²) in [5.74, 6) is 0.0220. The first-order chi connectivity index (χ1) is 7.63. The van der Waals surface area contributed by atoms with E-state index >= 15 is 0 Å². The highest BCUT2D eigenvalue weighted by molar-refractivity contribution is 5.81. The molecule has 0 aliphatic carbocycles. The number of amides is 1. The third-order valence-electron chi connectivity index (χ3n) is 3.18. The molecule has 0 radical (unpaired) electrons. The molecule has 2 atom stereocenters. The maximum atomic E-state index is 11.8. The van der Waals surface area contributed by atoms with Gasteiger partial charge >= 0.3 is 0 Å². The molecule has 1 rings (SSSR count). The lowest BCUT2D eigenvalue weighted by molar-refractivity contribution is -0.123. The number of hydrogen-bond acceptors (Lipinski definition) is 3. The third-order valence-corrected chi connectivity index (χ3v) is 3.18. The Balaban J connectivity index is 2.26. The Bertz CT molecular complexity index is 220. The van der Waals surface area contributed by atoms with Crippen LogP contribution in [0.25, 0.3) is 0 Å². The van der Waals surface area contributed by atoms with Gasteiger partial charge in [-0.05, 0) is 32.9 Å². The van der Waals surface area contributed by atoms with E-state index < -0.39 is 0 Å². The van der Waals surface area contributed by atoms with E-state index in [-0.39, 0.29) is 11.9 Å². The van der Waals surface area contributed by atoms with Gasteiger partial charge < -0.3 is 16.0 Å². The van der Waals surface area contributed by atoms with Crippen molar-refractivity contribution in [2.75, 3.05) is 20.1 Å². The fourth-order valence-corrected chi connectivity index (χ4v) is 2.15. The van der Waals surface area contributed by atoms with Gasteiger partial charge in [0.1, 0.15) is 0 Å². The maximum absolute atomic E-state index is 11.8. The van der Waals surface area contributed by atoms with E-state index in [1.165, 1.54) is 0 Å². The molecule has 94 valence electrons. The number of hydrogen-bond donors (Lipinski definition) is 2. The Kier molecular flexibility index (Phi) is 5.77. The van der Waals surface area contributed by atoms with Crippen LogP contribution >= 0.6 is 0 Å². The van der Waals surface area contributed by atoms with Crippen molar-refractivity contribution in [2.24, 2.45) is 5.73 Å². The van der Waals surface area contributed by atoms with Crippen LogP contribution in [0.4, 0.5) is 0 Å². The molecule has 0 aromatic rings. The van der Waals surface area contributed by atoms with E-state index in [4.69, 9.17) is 5.73 Å². The standard InChI is InChI=1S/C12H25N3O/c1-3-4-7-11(13)12(16)14-10-6-5-8-15(2)9-10/h10-11H,3-9,13H2,1-2H3,(H,14,16). The molecule has 4 heteroatoms. The average molecular weight is 227 g/mol. The second-order valence-electron chi connectivity index (χ2n) is 4.86. The molecule has 4 nitrogen and oxygen atoms in total. The van der Waals surface area contributed by atoms with Crippen LogP contribution in [-0.4, -0.2) is 43.0 Å². The van der Waals surface area contributed by atoms with Crippen LogP contribution in [0.5, 0.6) is 0 Å². The molecule has 1 aliphatic rings. The predicted molar refractivity (Wildman–Crippen MR) is 66.2 cm³/mol. The lowest BCUT2D eigenvalue weighted by Crippen LogP contribution is -2.51. The largest absolute Gasteiger partial charge is 0.351 e. The summed E-state index contributed by atoms with van der Waals surface area (Å²) in [6.45, 7) is 4.20. The summed E-state index contributed by atoms with van der Waals surface area (Å²) in [4.78, 5) is 14.0. The first-order valence-corrected chi connectivity index (χ1v) is 6.38. The molecule has 0 spiro atoms. The number of likely N-dealkylation sites (tertiary alicyclic amines) is 1. The lowest BCUT2D eigenvalue weighted by atomic mass is 10.0. The zero-order chi connectivity index (χ0) is 12.0. The van der Waals surface area contributed by atoms with E-state index in [2.05, 4.69) is 24.2 Å². The second kappa shape index (κ2) is 6.86. The normalized spacial score (nSPS) is 24.1. The van der Waals surface area contributed by atoms with Crippen LogP contribution in [0.1, 0.15) is 39.0 Å². The van der Waals surface area contributed by atoms with Crippen LogP contribution in [0.15, 0.2) is 0 Å². The molecule has 1 saturated heterocycles. The quantitative estimate of drug-likeness (QED) is 0.727. The highest BCUT2D eigenvalue weighted by Gasteiger charge is 2.21. The zero-order valence-electron chi connectivity index (χ0n) is 10.5. The molecule has 0 aromatic carbocycles. The average Bonchev–Trinajstić information content (AvgIpc) is 2.25. The van der Waals surface area contributed by atoms with E-state index in [0.29, 0.717) is 6.04 Å². The number of nitrogens with zero attached hydrogens (tertiary/aromatic N) is 1. The zero-order valence-corrected chi connectivity index (χ0v) is 10.5. The molecular weight excluding hydrogens is 202 g/mol. The number of unbranched alkanes of at least 4 members (excludes halogenated alkanes) is 1. The minimum absolute atomic E-state index is 0.0220. The number of piperidine rings is 1. The van der Waals surface area contributed by atoms with Crippen LogP contribution in [0, 0.1) is 0 Å². The molecule has 1 aliphatic heterocycles. The molecule has 1 fully saturated rings. The minimum atomic E-state index is -0.327. The van der Waals surface area contributed by atoms with Crippen molar-refractivity contribution in [1.29, 1.82) is 0 Å². The SMILES string of the molecule is CCCCC(N)C(=O)NC1CCCN(C)C1. The summed E-state index contributed by atoms with van der Waals surface area (Å²) in [5.41, 5.74) is 5.83. The van der Waals surface area contributed by atoms with E-state index in [9.17, 15) is 4.79 Å². The second-order valence-corrected chi connectivity index (χ2v) is 4.86. The fourth-order valence-electron chi connectivity index (χ4n) is 2.15.